The zero-order valence-corrected chi connectivity index (χ0v) is 11.6. The van der Waals surface area contributed by atoms with Crippen LogP contribution in [0.4, 0.5) is 0 Å². The summed E-state index contributed by atoms with van der Waals surface area (Å²) in [5.74, 6) is 0. The topological polar surface area (TPSA) is 12.0 Å². The number of benzene rings is 1. The first kappa shape index (κ1) is 12.6. The molecule has 1 heteroatoms. The van der Waals surface area contributed by atoms with Gasteiger partial charge in [0.15, 0.2) is 0 Å². The number of hydrogen-bond acceptors (Lipinski definition) is 1. The molecule has 0 bridgehead atoms. The van der Waals surface area contributed by atoms with Crippen LogP contribution >= 0.6 is 0 Å². The summed E-state index contributed by atoms with van der Waals surface area (Å²) in [7, 11) is 0. The molecule has 0 spiro atoms. The van der Waals surface area contributed by atoms with E-state index in [1.165, 1.54) is 42.5 Å². The largest absolute Gasteiger partial charge is 0.310 e. The van der Waals surface area contributed by atoms with Crippen LogP contribution < -0.4 is 5.32 Å². The van der Waals surface area contributed by atoms with Crippen molar-refractivity contribution in [1.82, 2.24) is 5.32 Å². The first-order valence-electron chi connectivity index (χ1n) is 6.86. The van der Waals surface area contributed by atoms with Gasteiger partial charge in [-0.1, -0.05) is 36.2 Å². The van der Waals surface area contributed by atoms with Crippen LogP contribution in [-0.4, -0.2) is 6.54 Å². The van der Waals surface area contributed by atoms with Gasteiger partial charge in [0.2, 0.25) is 0 Å². The Morgan fingerprint density at radius 3 is 2.24 bits per heavy atom. The van der Waals surface area contributed by atoms with Crippen LogP contribution in [-0.2, 0) is 0 Å². The maximum Gasteiger partial charge on any atom is 0.0292 e. The molecule has 1 fully saturated rings. The summed E-state index contributed by atoms with van der Waals surface area (Å²) >= 11 is 0. The number of hydrogen-bond donors (Lipinski definition) is 1. The molecule has 1 N–H and O–H groups in total. The van der Waals surface area contributed by atoms with Crippen LogP contribution in [0.3, 0.4) is 0 Å². The Kier molecular flexibility index (Phi) is 3.58. The van der Waals surface area contributed by atoms with Crippen molar-refractivity contribution in [2.75, 3.05) is 6.54 Å². The van der Waals surface area contributed by atoms with Crippen molar-refractivity contribution in [3.05, 3.63) is 34.9 Å². The van der Waals surface area contributed by atoms with E-state index < -0.39 is 0 Å². The van der Waals surface area contributed by atoms with Gasteiger partial charge in [-0.3, -0.25) is 0 Å². The fourth-order valence-electron chi connectivity index (χ4n) is 2.58. The molecule has 17 heavy (non-hydrogen) atoms. The molecule has 1 aliphatic carbocycles. The van der Waals surface area contributed by atoms with Gasteiger partial charge in [0.05, 0.1) is 0 Å². The summed E-state index contributed by atoms with van der Waals surface area (Å²) in [4.78, 5) is 0. The van der Waals surface area contributed by atoms with Crippen molar-refractivity contribution in [3.8, 4) is 0 Å². The second kappa shape index (κ2) is 4.81. The third-order valence-electron chi connectivity index (χ3n) is 4.23. The second-order valence-electron chi connectivity index (χ2n) is 5.88. The zero-order chi connectivity index (χ0) is 12.5. The van der Waals surface area contributed by atoms with Gasteiger partial charge < -0.3 is 5.32 Å². The molecule has 1 aromatic carbocycles. The van der Waals surface area contributed by atoms with E-state index in [-0.39, 0.29) is 0 Å². The van der Waals surface area contributed by atoms with Gasteiger partial charge in [-0.15, -0.1) is 0 Å². The van der Waals surface area contributed by atoms with Gasteiger partial charge in [-0.05, 0) is 51.0 Å². The van der Waals surface area contributed by atoms with Gasteiger partial charge in [0.25, 0.3) is 0 Å². The molecule has 2 rings (SSSR count). The Labute approximate surface area is 106 Å². The third-order valence-corrected chi connectivity index (χ3v) is 4.23. The van der Waals surface area contributed by atoms with Crippen molar-refractivity contribution in [1.29, 1.82) is 0 Å². The Morgan fingerprint density at radius 1 is 1.18 bits per heavy atom. The predicted octanol–water partition coefficient (Wildman–Crippen LogP) is 4.14. The molecule has 1 aromatic rings. The predicted molar refractivity (Wildman–Crippen MR) is 74.3 cm³/mol. The molecule has 1 aliphatic rings. The van der Waals surface area contributed by atoms with E-state index in [0.717, 1.165) is 0 Å². The van der Waals surface area contributed by atoms with E-state index in [1.54, 1.807) is 0 Å². The lowest BCUT2D eigenvalue weighted by atomic mass is 10.00. The smallest absolute Gasteiger partial charge is 0.0292 e. The highest BCUT2D eigenvalue weighted by Crippen LogP contribution is 2.48. The van der Waals surface area contributed by atoms with E-state index in [1.807, 2.05) is 0 Å². The quantitative estimate of drug-likeness (QED) is 0.803. The van der Waals surface area contributed by atoms with E-state index in [9.17, 15) is 0 Å². The minimum absolute atomic E-state index is 0.470. The van der Waals surface area contributed by atoms with Crippen LogP contribution in [0.25, 0.3) is 0 Å². The average Bonchev–Trinajstić information content (AvgIpc) is 3.05. The molecule has 1 nitrogen and oxygen atoms in total. The lowest BCUT2D eigenvalue weighted by Crippen LogP contribution is -2.26. The molecule has 1 atom stereocenters. The summed E-state index contributed by atoms with van der Waals surface area (Å²) < 4.78 is 0. The van der Waals surface area contributed by atoms with Crippen molar-refractivity contribution in [2.45, 2.75) is 53.0 Å². The van der Waals surface area contributed by atoms with Gasteiger partial charge in [-0.25, -0.2) is 0 Å². The highest BCUT2D eigenvalue weighted by molar-refractivity contribution is 5.30. The van der Waals surface area contributed by atoms with Gasteiger partial charge in [0.1, 0.15) is 0 Å². The average molecular weight is 231 g/mol. The lowest BCUT2D eigenvalue weighted by molar-refractivity contribution is 0.415. The minimum atomic E-state index is 0.470. The fraction of sp³-hybridized carbons (Fsp3) is 0.625. The van der Waals surface area contributed by atoms with Crippen molar-refractivity contribution in [3.63, 3.8) is 0 Å². The molecule has 0 amide bonds. The molecule has 94 valence electrons. The van der Waals surface area contributed by atoms with Crippen LogP contribution in [0.1, 0.15) is 55.8 Å². The summed E-state index contributed by atoms with van der Waals surface area (Å²) in [6.07, 6.45) is 4.14. The highest BCUT2D eigenvalue weighted by atomic mass is 14.9. The molecular formula is C16H25N. The van der Waals surface area contributed by atoms with Gasteiger partial charge >= 0.3 is 0 Å². The zero-order valence-electron chi connectivity index (χ0n) is 11.6. The molecule has 0 radical (unpaired) electrons. The SMILES string of the molecule is CCC1(CNC(C)c2cc(C)cc(C)c2)CC1. The number of aryl methyl sites for hydroxylation is 2. The number of rotatable bonds is 5. The summed E-state index contributed by atoms with van der Waals surface area (Å²) in [5.41, 5.74) is 4.79. The summed E-state index contributed by atoms with van der Waals surface area (Å²) in [5, 5.41) is 3.71. The van der Waals surface area contributed by atoms with Gasteiger partial charge in [0, 0.05) is 12.6 Å². The molecule has 0 aromatic heterocycles. The Hall–Kier alpha value is -0.820. The summed E-state index contributed by atoms with van der Waals surface area (Å²) in [6.45, 7) is 10.1. The maximum absolute atomic E-state index is 3.71. The standard InChI is InChI=1S/C16H25N/c1-5-16(6-7-16)11-17-14(4)15-9-12(2)8-13(3)10-15/h8-10,14,17H,5-7,11H2,1-4H3. The Morgan fingerprint density at radius 2 is 1.76 bits per heavy atom. The Balaban J connectivity index is 1.97. The monoisotopic (exact) mass is 231 g/mol. The molecule has 0 aliphatic heterocycles. The second-order valence-corrected chi connectivity index (χ2v) is 5.88. The van der Waals surface area contributed by atoms with Crippen LogP contribution in [0.2, 0.25) is 0 Å². The molecular weight excluding hydrogens is 206 g/mol. The third kappa shape index (κ3) is 3.10. The molecule has 0 saturated heterocycles. The van der Waals surface area contributed by atoms with E-state index in [0.29, 0.717) is 11.5 Å². The van der Waals surface area contributed by atoms with Crippen molar-refractivity contribution in [2.24, 2.45) is 5.41 Å². The van der Waals surface area contributed by atoms with Crippen molar-refractivity contribution < 1.29 is 0 Å². The summed E-state index contributed by atoms with van der Waals surface area (Å²) in [6, 6.07) is 7.31. The molecule has 1 unspecified atom stereocenters. The number of nitrogens with one attached hydrogen (secondary N) is 1. The minimum Gasteiger partial charge on any atom is -0.310 e. The first-order valence-corrected chi connectivity index (χ1v) is 6.86. The van der Waals surface area contributed by atoms with Crippen LogP contribution in [0.5, 0.6) is 0 Å². The van der Waals surface area contributed by atoms with Crippen LogP contribution in [0.15, 0.2) is 18.2 Å². The van der Waals surface area contributed by atoms with E-state index in [4.69, 9.17) is 0 Å². The van der Waals surface area contributed by atoms with Crippen LogP contribution in [0, 0.1) is 19.3 Å². The highest BCUT2D eigenvalue weighted by Gasteiger charge is 2.40. The normalized spacial score (nSPS) is 19.1. The fourth-order valence-corrected chi connectivity index (χ4v) is 2.58. The first-order chi connectivity index (χ1) is 8.04. The molecule has 0 heterocycles. The lowest BCUT2D eigenvalue weighted by Gasteiger charge is -2.20. The van der Waals surface area contributed by atoms with Gasteiger partial charge in [-0.2, -0.15) is 0 Å². The Bertz CT molecular complexity index is 370. The maximum atomic E-state index is 3.71. The van der Waals surface area contributed by atoms with Crippen molar-refractivity contribution >= 4 is 0 Å². The van der Waals surface area contributed by atoms with E-state index in [2.05, 4.69) is 51.2 Å². The molecule has 1 saturated carbocycles. The van der Waals surface area contributed by atoms with E-state index >= 15 is 0 Å².